The summed E-state index contributed by atoms with van der Waals surface area (Å²) in [4.78, 5) is 5.47. The third kappa shape index (κ3) is 1.52. The molecule has 0 spiro atoms. The van der Waals surface area contributed by atoms with Gasteiger partial charge in [-0.05, 0) is 28.1 Å². The molecule has 0 radical (unpaired) electrons. The molecule has 2 aromatic heterocycles. The van der Waals surface area contributed by atoms with Gasteiger partial charge >= 0.3 is 0 Å². The fraction of sp³-hybridized carbons (Fsp3) is 0. The van der Waals surface area contributed by atoms with E-state index in [0.29, 0.717) is 11.6 Å². The smallest absolute Gasteiger partial charge is 0.188 e. The zero-order valence-corrected chi connectivity index (χ0v) is 8.14. The Morgan fingerprint density at radius 1 is 1.46 bits per heavy atom. The normalized spacial score (nSPS) is 10.2. The fourth-order valence-corrected chi connectivity index (χ4v) is 1.32. The van der Waals surface area contributed by atoms with Gasteiger partial charge in [-0.1, -0.05) is 0 Å². The molecule has 2 rings (SSSR count). The maximum atomic E-state index is 5.43. The molecule has 0 amide bonds. The largest absolute Gasteiger partial charge is 0.381 e. The number of nitrogens with zero attached hydrogens (tertiary/aromatic N) is 4. The van der Waals surface area contributed by atoms with Crippen molar-refractivity contribution in [3.63, 3.8) is 0 Å². The lowest BCUT2D eigenvalue weighted by Crippen LogP contribution is -2.02. The quantitative estimate of drug-likeness (QED) is 0.807. The lowest BCUT2D eigenvalue weighted by Gasteiger charge is -1.99. The monoisotopic (exact) mass is 239 g/mol. The average Bonchev–Trinajstić information content (AvgIpc) is 2.53. The number of anilines is 1. The van der Waals surface area contributed by atoms with Crippen molar-refractivity contribution in [3.05, 3.63) is 29.0 Å². The molecule has 2 aromatic rings. The minimum Gasteiger partial charge on any atom is -0.381 e. The molecule has 0 atom stereocenters. The predicted molar refractivity (Wildman–Crippen MR) is 51.3 cm³/mol. The number of nitrogens with two attached hydrogens (primary N) is 1. The molecular weight excluding hydrogens is 234 g/mol. The van der Waals surface area contributed by atoms with E-state index < -0.39 is 0 Å². The number of rotatable bonds is 1. The second kappa shape index (κ2) is 3.14. The van der Waals surface area contributed by atoms with Crippen molar-refractivity contribution in [2.45, 2.75) is 0 Å². The van der Waals surface area contributed by atoms with Crippen molar-refractivity contribution < 1.29 is 0 Å². The first-order valence-electron chi connectivity index (χ1n) is 3.56. The van der Waals surface area contributed by atoms with Crippen molar-refractivity contribution in [2.24, 2.45) is 0 Å². The van der Waals surface area contributed by atoms with Gasteiger partial charge in [-0.25, -0.2) is 4.98 Å². The molecule has 2 heterocycles. The van der Waals surface area contributed by atoms with Gasteiger partial charge in [0.25, 0.3) is 0 Å². The number of aromatic nitrogens is 4. The topological polar surface area (TPSA) is 69.6 Å². The van der Waals surface area contributed by atoms with E-state index in [9.17, 15) is 0 Å². The minimum atomic E-state index is 0.373. The lowest BCUT2D eigenvalue weighted by atomic mass is 10.5. The zero-order chi connectivity index (χ0) is 9.26. The highest BCUT2D eigenvalue weighted by molar-refractivity contribution is 9.10. The summed E-state index contributed by atoms with van der Waals surface area (Å²) >= 11 is 3.34. The van der Waals surface area contributed by atoms with Crippen LogP contribution < -0.4 is 5.73 Å². The maximum Gasteiger partial charge on any atom is 0.188 e. The minimum absolute atomic E-state index is 0.373. The fourth-order valence-electron chi connectivity index (χ4n) is 0.901. The maximum absolute atomic E-state index is 5.43. The van der Waals surface area contributed by atoms with E-state index in [1.165, 1.54) is 11.0 Å². The predicted octanol–water partition coefficient (Wildman–Crippen LogP) is 1.01. The van der Waals surface area contributed by atoms with Gasteiger partial charge in [0.15, 0.2) is 11.6 Å². The SMILES string of the molecule is Nc1cnn(-c2ncccc2Br)n1. The van der Waals surface area contributed by atoms with E-state index in [2.05, 4.69) is 31.1 Å². The number of hydrogen-bond acceptors (Lipinski definition) is 4. The highest BCUT2D eigenvalue weighted by Gasteiger charge is 2.04. The van der Waals surface area contributed by atoms with Crippen molar-refractivity contribution in [2.75, 3.05) is 5.73 Å². The molecule has 0 saturated heterocycles. The Bertz CT molecular complexity index is 424. The summed E-state index contributed by atoms with van der Waals surface area (Å²) in [5.41, 5.74) is 5.43. The molecule has 0 aliphatic rings. The van der Waals surface area contributed by atoms with Crippen LogP contribution in [0.5, 0.6) is 0 Å². The van der Waals surface area contributed by atoms with E-state index in [-0.39, 0.29) is 0 Å². The molecule has 0 fully saturated rings. The van der Waals surface area contributed by atoms with E-state index in [1.807, 2.05) is 12.1 Å². The van der Waals surface area contributed by atoms with Gasteiger partial charge in [0.05, 0.1) is 10.7 Å². The Morgan fingerprint density at radius 3 is 2.92 bits per heavy atom. The van der Waals surface area contributed by atoms with Gasteiger partial charge in [0.1, 0.15) is 0 Å². The summed E-state index contributed by atoms with van der Waals surface area (Å²) in [7, 11) is 0. The molecule has 0 unspecified atom stereocenters. The molecule has 66 valence electrons. The Kier molecular flexibility index (Phi) is 1.97. The summed E-state index contributed by atoms with van der Waals surface area (Å²) < 4.78 is 0.825. The van der Waals surface area contributed by atoms with Crippen LogP contribution in [0.2, 0.25) is 0 Å². The van der Waals surface area contributed by atoms with Crippen LogP contribution in [0.1, 0.15) is 0 Å². The van der Waals surface area contributed by atoms with Crippen LogP contribution >= 0.6 is 15.9 Å². The summed E-state index contributed by atoms with van der Waals surface area (Å²) in [6.07, 6.45) is 3.14. The molecule has 0 saturated carbocycles. The van der Waals surface area contributed by atoms with Crippen LogP contribution in [0.3, 0.4) is 0 Å². The molecular formula is C7H6BrN5. The summed E-state index contributed by atoms with van der Waals surface area (Å²) in [6, 6.07) is 3.68. The van der Waals surface area contributed by atoms with Gasteiger partial charge in [-0.15, -0.1) is 9.90 Å². The van der Waals surface area contributed by atoms with Crippen molar-refractivity contribution >= 4 is 21.7 Å². The first kappa shape index (κ1) is 8.18. The van der Waals surface area contributed by atoms with Gasteiger partial charge < -0.3 is 5.73 Å². The molecule has 0 aromatic carbocycles. The number of pyridine rings is 1. The first-order chi connectivity index (χ1) is 6.27. The van der Waals surface area contributed by atoms with Crippen molar-refractivity contribution in [1.29, 1.82) is 0 Å². The standard InChI is InChI=1S/C7H6BrN5/c8-5-2-1-3-10-7(5)13-11-4-6(9)12-13/h1-4H,(H2,9,12). The molecule has 2 N–H and O–H groups in total. The third-order valence-corrected chi connectivity index (χ3v) is 2.06. The van der Waals surface area contributed by atoms with Crippen LogP contribution in [0.15, 0.2) is 29.0 Å². The number of nitrogen functional groups attached to an aromatic ring is 1. The first-order valence-corrected chi connectivity index (χ1v) is 4.35. The highest BCUT2D eigenvalue weighted by atomic mass is 79.9. The van der Waals surface area contributed by atoms with Crippen LogP contribution in [0.25, 0.3) is 5.82 Å². The van der Waals surface area contributed by atoms with Crippen LogP contribution in [0, 0.1) is 0 Å². The molecule has 6 heteroatoms. The number of hydrogen-bond donors (Lipinski definition) is 1. The Labute approximate surface area is 82.7 Å². The third-order valence-electron chi connectivity index (χ3n) is 1.44. The van der Waals surface area contributed by atoms with E-state index >= 15 is 0 Å². The van der Waals surface area contributed by atoms with Crippen molar-refractivity contribution in [1.82, 2.24) is 20.0 Å². The lowest BCUT2D eigenvalue weighted by molar-refractivity contribution is 0.728. The molecule has 0 aliphatic heterocycles. The summed E-state index contributed by atoms with van der Waals surface area (Å²) in [5.74, 6) is 0.997. The van der Waals surface area contributed by atoms with Crippen molar-refractivity contribution in [3.8, 4) is 5.82 Å². The average molecular weight is 240 g/mol. The Hall–Kier alpha value is -1.43. The molecule has 13 heavy (non-hydrogen) atoms. The zero-order valence-electron chi connectivity index (χ0n) is 6.55. The second-order valence-corrected chi connectivity index (χ2v) is 3.22. The molecule has 5 nitrogen and oxygen atoms in total. The molecule has 0 bridgehead atoms. The summed E-state index contributed by atoms with van der Waals surface area (Å²) in [6.45, 7) is 0. The van der Waals surface area contributed by atoms with Gasteiger partial charge in [0, 0.05) is 6.20 Å². The Morgan fingerprint density at radius 2 is 2.31 bits per heavy atom. The van der Waals surface area contributed by atoms with Crippen LogP contribution in [0.4, 0.5) is 5.82 Å². The highest BCUT2D eigenvalue weighted by Crippen LogP contribution is 2.15. The van der Waals surface area contributed by atoms with E-state index in [0.717, 1.165) is 4.47 Å². The van der Waals surface area contributed by atoms with E-state index in [1.54, 1.807) is 6.20 Å². The molecule has 0 aliphatic carbocycles. The van der Waals surface area contributed by atoms with Gasteiger partial charge in [-0.2, -0.15) is 5.10 Å². The summed E-state index contributed by atoms with van der Waals surface area (Å²) in [5, 5.41) is 7.87. The van der Waals surface area contributed by atoms with Gasteiger partial charge in [0.2, 0.25) is 0 Å². The van der Waals surface area contributed by atoms with Crippen LogP contribution in [-0.2, 0) is 0 Å². The van der Waals surface area contributed by atoms with Gasteiger partial charge in [-0.3, -0.25) is 0 Å². The Balaban J connectivity index is 2.52. The van der Waals surface area contributed by atoms with Crippen LogP contribution in [-0.4, -0.2) is 20.0 Å². The number of halogens is 1. The van der Waals surface area contributed by atoms with E-state index in [4.69, 9.17) is 5.73 Å². The second-order valence-electron chi connectivity index (χ2n) is 2.37.